The molecule has 1 aliphatic rings. The molecular formula is C27H13N5S. The topological polar surface area (TPSA) is 59.5 Å². The molecule has 0 saturated carbocycles. The van der Waals surface area contributed by atoms with Crippen LogP contribution in [0.2, 0.25) is 0 Å². The Hall–Kier alpha value is -4.75. The molecule has 0 aromatic heterocycles. The third-order valence-electron chi connectivity index (χ3n) is 5.75. The van der Waals surface area contributed by atoms with Gasteiger partial charge in [0.05, 0.1) is 53.5 Å². The summed E-state index contributed by atoms with van der Waals surface area (Å²) in [7, 11) is 0. The molecule has 0 unspecified atom stereocenters. The number of aryl methyl sites for hydroxylation is 1. The maximum atomic E-state index is 9.91. The van der Waals surface area contributed by atoms with E-state index in [1.165, 1.54) is 0 Å². The van der Waals surface area contributed by atoms with Gasteiger partial charge >= 0.3 is 0 Å². The first kappa shape index (κ1) is 20.2. The summed E-state index contributed by atoms with van der Waals surface area (Å²) < 4.78 is 0. The van der Waals surface area contributed by atoms with E-state index in [0.717, 1.165) is 21.2 Å². The fourth-order valence-corrected chi connectivity index (χ4v) is 5.32. The molecule has 4 aromatic carbocycles. The van der Waals surface area contributed by atoms with Gasteiger partial charge in [0.2, 0.25) is 11.4 Å². The number of nitriles is 2. The minimum Gasteiger partial charge on any atom is -0.317 e. The highest BCUT2D eigenvalue weighted by molar-refractivity contribution is 7.99. The van der Waals surface area contributed by atoms with Crippen LogP contribution >= 0.6 is 11.8 Å². The van der Waals surface area contributed by atoms with Crippen molar-refractivity contribution in [2.75, 3.05) is 4.90 Å². The Morgan fingerprint density at radius 2 is 1.48 bits per heavy atom. The minimum atomic E-state index is 0.224. The molecule has 0 saturated heterocycles. The summed E-state index contributed by atoms with van der Waals surface area (Å²) in [6.45, 7) is 17.4. The van der Waals surface area contributed by atoms with Gasteiger partial charge in [-0.05, 0) is 59.7 Å². The molecule has 5 rings (SSSR count). The van der Waals surface area contributed by atoms with E-state index in [2.05, 4.69) is 21.8 Å². The van der Waals surface area contributed by atoms with Crippen LogP contribution in [0.4, 0.5) is 28.4 Å². The number of hydrogen-bond acceptors (Lipinski definition) is 4. The number of rotatable bonds is 1. The molecule has 0 bridgehead atoms. The van der Waals surface area contributed by atoms with Gasteiger partial charge in [0.1, 0.15) is 0 Å². The van der Waals surface area contributed by atoms with Crippen molar-refractivity contribution in [2.24, 2.45) is 0 Å². The predicted octanol–water partition coefficient (Wildman–Crippen LogP) is 7.93. The molecule has 6 heteroatoms. The Kier molecular flexibility index (Phi) is 4.73. The van der Waals surface area contributed by atoms with Gasteiger partial charge in [0.25, 0.3) is 0 Å². The summed E-state index contributed by atoms with van der Waals surface area (Å²) in [5, 5.41) is 20.9. The standard InChI is InChI=1S/C27H13N5S/c1-16-18-12-17(14-28)26(31-3)27(19(18)13-21(30-2)20(16)15-29)32-22-8-4-6-10-24(22)33-25-11-7-5-9-23(25)32/h4-13H,1H3. The van der Waals surface area contributed by atoms with Gasteiger partial charge in [-0.3, -0.25) is 0 Å². The summed E-state index contributed by atoms with van der Waals surface area (Å²) in [6.07, 6.45) is 0. The summed E-state index contributed by atoms with van der Waals surface area (Å²) >= 11 is 1.65. The van der Waals surface area contributed by atoms with E-state index in [1.807, 2.05) is 53.4 Å². The van der Waals surface area contributed by atoms with Crippen molar-refractivity contribution in [3.63, 3.8) is 0 Å². The van der Waals surface area contributed by atoms with Crippen molar-refractivity contribution in [1.82, 2.24) is 0 Å². The van der Waals surface area contributed by atoms with Gasteiger partial charge in [0, 0.05) is 9.79 Å². The lowest BCUT2D eigenvalue weighted by atomic mass is 9.94. The van der Waals surface area contributed by atoms with Crippen molar-refractivity contribution in [3.8, 4) is 12.1 Å². The molecule has 4 aromatic rings. The van der Waals surface area contributed by atoms with Crippen molar-refractivity contribution < 1.29 is 0 Å². The van der Waals surface area contributed by atoms with Crippen LogP contribution < -0.4 is 4.90 Å². The Morgan fingerprint density at radius 3 is 2.03 bits per heavy atom. The van der Waals surface area contributed by atoms with Crippen LogP contribution in [-0.2, 0) is 0 Å². The molecule has 0 N–H and O–H groups in total. The molecular weight excluding hydrogens is 426 g/mol. The van der Waals surface area contributed by atoms with Crippen molar-refractivity contribution in [1.29, 1.82) is 10.5 Å². The smallest absolute Gasteiger partial charge is 0.228 e. The number of benzene rings is 4. The Balaban J connectivity index is 2.01. The van der Waals surface area contributed by atoms with Gasteiger partial charge in [0.15, 0.2) is 0 Å². The largest absolute Gasteiger partial charge is 0.317 e. The third-order valence-corrected chi connectivity index (χ3v) is 6.88. The molecule has 0 amide bonds. The molecule has 0 atom stereocenters. The fraction of sp³-hybridized carbons (Fsp3) is 0.0370. The van der Waals surface area contributed by atoms with Crippen molar-refractivity contribution >= 4 is 51.0 Å². The van der Waals surface area contributed by atoms with Gasteiger partial charge < -0.3 is 4.90 Å². The zero-order chi connectivity index (χ0) is 23.1. The molecule has 1 heterocycles. The molecule has 0 radical (unpaired) electrons. The summed E-state index contributed by atoms with van der Waals surface area (Å²) in [6, 6.07) is 23.5. The number of anilines is 3. The van der Waals surface area contributed by atoms with E-state index in [4.69, 9.17) is 13.1 Å². The van der Waals surface area contributed by atoms with Crippen molar-refractivity contribution in [2.45, 2.75) is 16.7 Å². The predicted molar refractivity (Wildman–Crippen MR) is 129 cm³/mol. The molecule has 33 heavy (non-hydrogen) atoms. The average Bonchev–Trinajstić information content (AvgIpc) is 2.86. The lowest BCUT2D eigenvalue weighted by molar-refractivity contribution is 1.17. The van der Waals surface area contributed by atoms with Gasteiger partial charge in [-0.2, -0.15) is 10.5 Å². The van der Waals surface area contributed by atoms with Crippen LogP contribution in [0.1, 0.15) is 16.7 Å². The SMILES string of the molecule is [C-]#[N+]c1cc2c(N3c4ccccc4Sc4ccccc43)c([N+]#[C-])c(C#N)cc2c(C)c1C#N. The van der Waals surface area contributed by atoms with Crippen LogP contribution in [0.5, 0.6) is 0 Å². The van der Waals surface area contributed by atoms with Crippen LogP contribution in [0, 0.1) is 42.7 Å². The first-order chi connectivity index (χ1) is 16.1. The third kappa shape index (κ3) is 2.91. The molecule has 0 aliphatic carbocycles. The fourth-order valence-electron chi connectivity index (χ4n) is 4.26. The monoisotopic (exact) mass is 439 g/mol. The maximum absolute atomic E-state index is 9.91. The lowest BCUT2D eigenvalue weighted by Gasteiger charge is -2.34. The molecule has 1 aliphatic heterocycles. The summed E-state index contributed by atoms with van der Waals surface area (Å²) in [5.74, 6) is 0. The molecule has 5 nitrogen and oxygen atoms in total. The Morgan fingerprint density at radius 1 is 0.848 bits per heavy atom. The zero-order valence-electron chi connectivity index (χ0n) is 17.4. The van der Waals surface area contributed by atoms with Crippen LogP contribution in [0.25, 0.3) is 20.5 Å². The van der Waals surface area contributed by atoms with Gasteiger partial charge in [-0.15, -0.1) is 0 Å². The maximum Gasteiger partial charge on any atom is 0.228 e. The van der Waals surface area contributed by atoms with E-state index >= 15 is 0 Å². The highest BCUT2D eigenvalue weighted by atomic mass is 32.2. The second-order valence-corrected chi connectivity index (χ2v) is 8.52. The minimum absolute atomic E-state index is 0.224. The molecule has 0 fully saturated rings. The van der Waals surface area contributed by atoms with Gasteiger partial charge in [-0.25, -0.2) is 9.69 Å². The van der Waals surface area contributed by atoms with Crippen LogP contribution in [0.15, 0.2) is 70.5 Å². The molecule has 152 valence electrons. The first-order valence-electron chi connectivity index (χ1n) is 9.98. The zero-order valence-corrected chi connectivity index (χ0v) is 18.2. The van der Waals surface area contributed by atoms with E-state index in [1.54, 1.807) is 30.8 Å². The lowest BCUT2D eigenvalue weighted by Crippen LogP contribution is -2.15. The second-order valence-electron chi connectivity index (χ2n) is 7.43. The van der Waals surface area contributed by atoms with E-state index < -0.39 is 0 Å². The quantitative estimate of drug-likeness (QED) is 0.249. The Labute approximate surface area is 195 Å². The number of para-hydroxylation sites is 2. The number of hydrogen-bond donors (Lipinski definition) is 0. The average molecular weight is 440 g/mol. The van der Waals surface area contributed by atoms with E-state index in [0.29, 0.717) is 22.0 Å². The van der Waals surface area contributed by atoms with Crippen LogP contribution in [-0.4, -0.2) is 0 Å². The second kappa shape index (κ2) is 7.74. The van der Waals surface area contributed by atoms with E-state index in [9.17, 15) is 10.5 Å². The van der Waals surface area contributed by atoms with E-state index in [-0.39, 0.29) is 22.5 Å². The normalized spacial score (nSPS) is 11.5. The van der Waals surface area contributed by atoms with Gasteiger partial charge in [-0.1, -0.05) is 36.0 Å². The Bertz CT molecular complexity index is 1610. The molecule has 0 spiro atoms. The first-order valence-corrected chi connectivity index (χ1v) is 10.8. The number of fused-ring (bicyclic) bond motifs is 3. The summed E-state index contributed by atoms with van der Waals surface area (Å²) in [5.41, 5.74) is 3.96. The highest BCUT2D eigenvalue weighted by Gasteiger charge is 2.29. The van der Waals surface area contributed by atoms with Crippen LogP contribution in [0.3, 0.4) is 0 Å². The highest BCUT2D eigenvalue weighted by Crippen LogP contribution is 2.55. The number of nitrogens with zero attached hydrogens (tertiary/aromatic N) is 5. The summed E-state index contributed by atoms with van der Waals surface area (Å²) in [4.78, 5) is 11.4. The van der Waals surface area contributed by atoms with Crippen molar-refractivity contribution in [3.05, 3.63) is 100 Å².